The van der Waals surface area contributed by atoms with Crippen LogP contribution in [0, 0.1) is 5.92 Å². The zero-order valence-electron chi connectivity index (χ0n) is 8.47. The van der Waals surface area contributed by atoms with E-state index in [9.17, 15) is 0 Å². The molecule has 2 unspecified atom stereocenters. The van der Waals surface area contributed by atoms with Crippen LogP contribution >= 0.6 is 11.8 Å². The summed E-state index contributed by atoms with van der Waals surface area (Å²) in [6, 6.07) is 0.498. The van der Waals surface area contributed by atoms with Gasteiger partial charge in [-0.2, -0.15) is 11.8 Å². The van der Waals surface area contributed by atoms with Crippen molar-refractivity contribution in [3.05, 3.63) is 0 Å². The van der Waals surface area contributed by atoms with E-state index in [0.717, 1.165) is 0 Å². The van der Waals surface area contributed by atoms with Crippen LogP contribution in [0.1, 0.15) is 33.1 Å². The first kappa shape index (κ1) is 12.3. The van der Waals surface area contributed by atoms with Crippen molar-refractivity contribution in [3.8, 4) is 0 Å². The molecule has 0 fully saturated rings. The number of rotatable bonds is 7. The smallest absolute Gasteiger partial charge is 0.0244 e. The highest BCUT2D eigenvalue weighted by atomic mass is 32.2. The molecule has 0 aliphatic rings. The van der Waals surface area contributed by atoms with Gasteiger partial charge in [-0.3, -0.25) is 11.3 Å². The molecule has 2 nitrogen and oxygen atoms in total. The molecule has 0 saturated heterocycles. The zero-order valence-corrected chi connectivity index (χ0v) is 9.29. The Balaban J connectivity index is 3.62. The van der Waals surface area contributed by atoms with Crippen LogP contribution in [0.3, 0.4) is 0 Å². The lowest BCUT2D eigenvalue weighted by molar-refractivity contribution is 0.352. The van der Waals surface area contributed by atoms with Crippen molar-refractivity contribution in [2.45, 2.75) is 39.2 Å². The van der Waals surface area contributed by atoms with Crippen molar-refractivity contribution >= 4 is 11.8 Å². The molecule has 0 amide bonds. The predicted molar refractivity (Wildman–Crippen MR) is 58.2 cm³/mol. The van der Waals surface area contributed by atoms with E-state index in [0.29, 0.717) is 12.0 Å². The molecular weight excluding hydrogens is 168 g/mol. The van der Waals surface area contributed by atoms with E-state index in [-0.39, 0.29) is 0 Å². The summed E-state index contributed by atoms with van der Waals surface area (Å²) < 4.78 is 0. The van der Waals surface area contributed by atoms with Gasteiger partial charge in [0.05, 0.1) is 0 Å². The molecule has 0 saturated carbocycles. The number of hydrogen-bond acceptors (Lipinski definition) is 3. The number of hydrazine groups is 1. The van der Waals surface area contributed by atoms with E-state index >= 15 is 0 Å². The lowest BCUT2D eigenvalue weighted by atomic mass is 9.96. The van der Waals surface area contributed by atoms with Gasteiger partial charge in [0.1, 0.15) is 0 Å². The van der Waals surface area contributed by atoms with Crippen LogP contribution in [0.4, 0.5) is 0 Å². The van der Waals surface area contributed by atoms with Crippen LogP contribution in [0.15, 0.2) is 0 Å². The fraction of sp³-hybridized carbons (Fsp3) is 1.00. The SMILES string of the molecule is CCCC(C)C(CCSC)NN. The number of thioether (sulfide) groups is 1. The van der Waals surface area contributed by atoms with Crippen LogP contribution in [0.5, 0.6) is 0 Å². The molecule has 0 aromatic heterocycles. The number of nitrogens with two attached hydrogens (primary N) is 1. The third-order valence-electron chi connectivity index (χ3n) is 2.28. The van der Waals surface area contributed by atoms with E-state index in [1.807, 2.05) is 11.8 Å². The van der Waals surface area contributed by atoms with Gasteiger partial charge < -0.3 is 0 Å². The van der Waals surface area contributed by atoms with Gasteiger partial charge in [0.25, 0.3) is 0 Å². The molecule has 0 heterocycles. The van der Waals surface area contributed by atoms with Crippen LogP contribution in [0.25, 0.3) is 0 Å². The van der Waals surface area contributed by atoms with Crippen molar-refractivity contribution < 1.29 is 0 Å². The second kappa shape index (κ2) is 7.90. The second-order valence-corrected chi connectivity index (χ2v) is 4.31. The first-order valence-electron chi connectivity index (χ1n) is 4.71. The minimum atomic E-state index is 0.498. The van der Waals surface area contributed by atoms with Crippen molar-refractivity contribution in [3.63, 3.8) is 0 Å². The summed E-state index contributed by atoms with van der Waals surface area (Å²) in [5.74, 6) is 7.38. The van der Waals surface area contributed by atoms with Crippen LogP contribution in [-0.2, 0) is 0 Å². The Bertz CT molecular complexity index is 98.5. The van der Waals surface area contributed by atoms with E-state index < -0.39 is 0 Å². The quantitative estimate of drug-likeness (QED) is 0.476. The Kier molecular flexibility index (Phi) is 8.07. The van der Waals surface area contributed by atoms with Crippen molar-refractivity contribution in [1.29, 1.82) is 0 Å². The summed E-state index contributed by atoms with van der Waals surface area (Å²) in [4.78, 5) is 0. The van der Waals surface area contributed by atoms with Gasteiger partial charge in [-0.05, 0) is 30.8 Å². The molecule has 0 radical (unpaired) electrons. The van der Waals surface area contributed by atoms with E-state index in [1.54, 1.807) is 0 Å². The average molecular weight is 190 g/mol. The standard InChI is InChI=1S/C9H22N2S/c1-4-5-8(2)9(11-10)6-7-12-3/h8-9,11H,4-7,10H2,1-3H3. The van der Waals surface area contributed by atoms with Crippen LogP contribution in [-0.4, -0.2) is 18.1 Å². The lowest BCUT2D eigenvalue weighted by Gasteiger charge is -2.22. The summed E-state index contributed by atoms with van der Waals surface area (Å²) >= 11 is 1.89. The largest absolute Gasteiger partial charge is 0.271 e. The Labute approximate surface area is 80.6 Å². The second-order valence-electron chi connectivity index (χ2n) is 3.32. The van der Waals surface area contributed by atoms with Crippen molar-refractivity contribution in [2.75, 3.05) is 12.0 Å². The average Bonchev–Trinajstić information content (AvgIpc) is 2.06. The summed E-state index contributed by atoms with van der Waals surface area (Å²) in [7, 11) is 0. The Morgan fingerprint density at radius 2 is 2.08 bits per heavy atom. The Morgan fingerprint density at radius 3 is 2.50 bits per heavy atom. The fourth-order valence-corrected chi connectivity index (χ4v) is 1.92. The Hall–Kier alpha value is 0.270. The maximum atomic E-state index is 5.49. The maximum Gasteiger partial charge on any atom is 0.0244 e. The third-order valence-corrected chi connectivity index (χ3v) is 2.92. The van der Waals surface area contributed by atoms with Gasteiger partial charge in [0.15, 0.2) is 0 Å². The minimum Gasteiger partial charge on any atom is -0.271 e. The molecule has 0 aromatic rings. The van der Waals surface area contributed by atoms with Crippen LogP contribution < -0.4 is 11.3 Å². The maximum absolute atomic E-state index is 5.49. The van der Waals surface area contributed by atoms with Crippen molar-refractivity contribution in [2.24, 2.45) is 11.8 Å². The molecule has 12 heavy (non-hydrogen) atoms. The molecule has 0 aliphatic carbocycles. The molecule has 74 valence electrons. The van der Waals surface area contributed by atoms with Gasteiger partial charge in [-0.1, -0.05) is 20.3 Å². The minimum absolute atomic E-state index is 0.498. The highest BCUT2D eigenvalue weighted by Crippen LogP contribution is 2.14. The Morgan fingerprint density at radius 1 is 1.42 bits per heavy atom. The van der Waals surface area contributed by atoms with Gasteiger partial charge in [0, 0.05) is 6.04 Å². The first-order chi connectivity index (χ1) is 5.76. The van der Waals surface area contributed by atoms with Crippen LogP contribution in [0.2, 0.25) is 0 Å². The normalized spacial score (nSPS) is 16.0. The summed E-state index contributed by atoms with van der Waals surface area (Å²) in [6.07, 6.45) is 5.83. The molecule has 3 N–H and O–H groups in total. The molecular formula is C9H22N2S. The molecule has 0 aromatic carbocycles. The predicted octanol–water partition coefficient (Wildman–Crippen LogP) is 2.01. The van der Waals surface area contributed by atoms with Gasteiger partial charge >= 0.3 is 0 Å². The monoisotopic (exact) mass is 190 g/mol. The third kappa shape index (κ3) is 5.01. The molecule has 0 aliphatic heterocycles. The zero-order chi connectivity index (χ0) is 9.40. The molecule has 0 bridgehead atoms. The lowest BCUT2D eigenvalue weighted by Crippen LogP contribution is -2.40. The summed E-state index contributed by atoms with van der Waals surface area (Å²) in [5, 5.41) is 0. The number of nitrogens with one attached hydrogen (secondary N) is 1. The van der Waals surface area contributed by atoms with E-state index in [2.05, 4.69) is 25.5 Å². The van der Waals surface area contributed by atoms with Crippen molar-refractivity contribution in [1.82, 2.24) is 5.43 Å². The van der Waals surface area contributed by atoms with E-state index in [1.165, 1.54) is 25.0 Å². The molecule has 0 spiro atoms. The van der Waals surface area contributed by atoms with Gasteiger partial charge in [-0.25, -0.2) is 0 Å². The number of hydrogen-bond donors (Lipinski definition) is 2. The highest BCUT2D eigenvalue weighted by molar-refractivity contribution is 7.98. The fourth-order valence-electron chi connectivity index (χ4n) is 1.43. The highest BCUT2D eigenvalue weighted by Gasteiger charge is 2.13. The van der Waals surface area contributed by atoms with Gasteiger partial charge in [0.2, 0.25) is 0 Å². The first-order valence-corrected chi connectivity index (χ1v) is 6.10. The molecule has 3 heteroatoms. The molecule has 2 atom stereocenters. The summed E-state index contributed by atoms with van der Waals surface area (Å²) in [5.41, 5.74) is 2.91. The summed E-state index contributed by atoms with van der Waals surface area (Å²) in [6.45, 7) is 4.49. The van der Waals surface area contributed by atoms with E-state index in [4.69, 9.17) is 5.84 Å². The molecule has 0 rings (SSSR count). The van der Waals surface area contributed by atoms with Gasteiger partial charge in [-0.15, -0.1) is 0 Å². The topological polar surface area (TPSA) is 38.0 Å².